The summed E-state index contributed by atoms with van der Waals surface area (Å²) >= 11 is 0. The second kappa shape index (κ2) is 6.51. The summed E-state index contributed by atoms with van der Waals surface area (Å²) in [6, 6.07) is 0. The van der Waals surface area contributed by atoms with E-state index in [0.717, 1.165) is 0 Å². The van der Waals surface area contributed by atoms with Crippen LogP contribution in [0.4, 0.5) is 0 Å². The molecule has 0 N–H and O–H groups in total. The van der Waals surface area contributed by atoms with Crippen LogP contribution in [0.15, 0.2) is 0 Å². The van der Waals surface area contributed by atoms with E-state index in [1.807, 2.05) is 0 Å². The first kappa shape index (κ1) is 12.0. The van der Waals surface area contributed by atoms with Gasteiger partial charge in [-0.25, -0.2) is 0 Å². The highest BCUT2D eigenvalue weighted by Gasteiger charge is 2.08. The molecule has 0 bridgehead atoms. The molecule has 0 heterocycles. The van der Waals surface area contributed by atoms with Gasteiger partial charge >= 0.3 is 0 Å². The van der Waals surface area contributed by atoms with Gasteiger partial charge in [0, 0.05) is 0 Å². The zero-order chi connectivity index (χ0) is 9.45. The molecular weight excluding hydrogens is 144 g/mol. The average molecular weight is 170 g/mol. The SMILES string of the molecule is CCCCCCCCC(C)(C)C. The molecule has 0 spiro atoms. The van der Waals surface area contributed by atoms with Gasteiger partial charge in [0.1, 0.15) is 0 Å². The van der Waals surface area contributed by atoms with Gasteiger partial charge in [-0.15, -0.1) is 0 Å². The molecule has 0 radical (unpaired) electrons. The topological polar surface area (TPSA) is 0 Å². The molecule has 0 aliphatic heterocycles. The fourth-order valence-electron chi connectivity index (χ4n) is 1.44. The van der Waals surface area contributed by atoms with Crippen LogP contribution in [0.3, 0.4) is 0 Å². The number of unbranched alkanes of at least 4 members (excludes halogenated alkanes) is 5. The minimum absolute atomic E-state index is 0.546. The van der Waals surface area contributed by atoms with E-state index in [1.54, 1.807) is 0 Å². The van der Waals surface area contributed by atoms with E-state index in [2.05, 4.69) is 27.7 Å². The smallest absolute Gasteiger partial charge is 0.0383 e. The summed E-state index contributed by atoms with van der Waals surface area (Å²) in [5.41, 5.74) is 0.546. The Morgan fingerprint density at radius 1 is 0.750 bits per heavy atom. The molecule has 0 rings (SSSR count). The predicted octanol–water partition coefficient (Wildman–Crippen LogP) is 4.78. The molecule has 0 saturated heterocycles. The number of hydrogen-bond donors (Lipinski definition) is 0. The first-order chi connectivity index (χ1) is 5.56. The van der Waals surface area contributed by atoms with Gasteiger partial charge in [-0.1, -0.05) is 66.2 Å². The molecule has 0 aliphatic rings. The van der Waals surface area contributed by atoms with E-state index >= 15 is 0 Å². The van der Waals surface area contributed by atoms with Crippen molar-refractivity contribution in [1.29, 1.82) is 0 Å². The summed E-state index contributed by atoms with van der Waals surface area (Å²) in [5.74, 6) is 0. The molecule has 0 saturated carbocycles. The molecular formula is C12H26. The first-order valence-electron chi connectivity index (χ1n) is 5.56. The van der Waals surface area contributed by atoms with Crippen molar-refractivity contribution in [2.75, 3.05) is 0 Å². The average Bonchev–Trinajstić information content (AvgIpc) is 1.94. The molecule has 0 amide bonds. The number of rotatable bonds is 6. The predicted molar refractivity (Wildman–Crippen MR) is 57.4 cm³/mol. The van der Waals surface area contributed by atoms with Crippen LogP contribution in [0.1, 0.15) is 72.6 Å². The molecule has 0 heteroatoms. The van der Waals surface area contributed by atoms with Gasteiger partial charge in [0.05, 0.1) is 0 Å². The summed E-state index contributed by atoms with van der Waals surface area (Å²) < 4.78 is 0. The maximum Gasteiger partial charge on any atom is -0.0383 e. The maximum absolute atomic E-state index is 2.33. The summed E-state index contributed by atoms with van der Waals surface area (Å²) in [6.45, 7) is 9.27. The van der Waals surface area contributed by atoms with Crippen molar-refractivity contribution in [3.05, 3.63) is 0 Å². The highest BCUT2D eigenvalue weighted by atomic mass is 14.1. The Kier molecular flexibility index (Phi) is 6.51. The monoisotopic (exact) mass is 170 g/mol. The second-order valence-electron chi connectivity index (χ2n) is 5.08. The van der Waals surface area contributed by atoms with Crippen molar-refractivity contribution in [2.45, 2.75) is 72.6 Å². The van der Waals surface area contributed by atoms with Crippen LogP contribution in [-0.2, 0) is 0 Å². The molecule has 0 aromatic rings. The van der Waals surface area contributed by atoms with E-state index in [1.165, 1.54) is 44.9 Å². The van der Waals surface area contributed by atoms with Crippen molar-refractivity contribution >= 4 is 0 Å². The summed E-state index contributed by atoms with van der Waals surface area (Å²) in [5, 5.41) is 0. The standard InChI is InChI=1S/C12H26/c1-5-6-7-8-9-10-11-12(2,3)4/h5-11H2,1-4H3. The Labute approximate surface area is 78.8 Å². The van der Waals surface area contributed by atoms with Gasteiger partial charge in [-0.2, -0.15) is 0 Å². The van der Waals surface area contributed by atoms with Crippen molar-refractivity contribution in [3.63, 3.8) is 0 Å². The van der Waals surface area contributed by atoms with E-state index in [9.17, 15) is 0 Å². The minimum atomic E-state index is 0.546. The lowest BCUT2D eigenvalue weighted by molar-refractivity contribution is 0.356. The molecule has 0 unspecified atom stereocenters. The molecule has 0 aliphatic carbocycles. The summed E-state index contributed by atoms with van der Waals surface area (Å²) in [7, 11) is 0. The molecule has 0 atom stereocenters. The molecule has 74 valence electrons. The van der Waals surface area contributed by atoms with Crippen LogP contribution in [0.25, 0.3) is 0 Å². The van der Waals surface area contributed by atoms with Crippen molar-refractivity contribution in [3.8, 4) is 0 Å². The Morgan fingerprint density at radius 3 is 1.75 bits per heavy atom. The van der Waals surface area contributed by atoms with Crippen molar-refractivity contribution in [1.82, 2.24) is 0 Å². The largest absolute Gasteiger partial charge is 0.0654 e. The third kappa shape index (κ3) is 10.0. The van der Waals surface area contributed by atoms with E-state index in [4.69, 9.17) is 0 Å². The lowest BCUT2D eigenvalue weighted by Crippen LogP contribution is -2.03. The first-order valence-corrected chi connectivity index (χ1v) is 5.56. The van der Waals surface area contributed by atoms with Crippen LogP contribution in [0, 0.1) is 5.41 Å². The zero-order valence-corrected chi connectivity index (χ0v) is 9.45. The Balaban J connectivity index is 3.01. The van der Waals surface area contributed by atoms with Crippen LogP contribution >= 0.6 is 0 Å². The van der Waals surface area contributed by atoms with Crippen LogP contribution in [-0.4, -0.2) is 0 Å². The second-order valence-corrected chi connectivity index (χ2v) is 5.08. The zero-order valence-electron chi connectivity index (χ0n) is 9.45. The lowest BCUT2D eigenvalue weighted by Gasteiger charge is -2.17. The number of hydrogen-bond acceptors (Lipinski definition) is 0. The summed E-state index contributed by atoms with van der Waals surface area (Å²) in [4.78, 5) is 0. The van der Waals surface area contributed by atoms with Gasteiger partial charge < -0.3 is 0 Å². The molecule has 0 nitrogen and oxygen atoms in total. The highest BCUT2D eigenvalue weighted by Crippen LogP contribution is 2.22. The van der Waals surface area contributed by atoms with Crippen molar-refractivity contribution in [2.24, 2.45) is 5.41 Å². The third-order valence-corrected chi connectivity index (χ3v) is 2.28. The molecule has 12 heavy (non-hydrogen) atoms. The fraction of sp³-hybridized carbons (Fsp3) is 1.00. The minimum Gasteiger partial charge on any atom is -0.0654 e. The normalized spacial score (nSPS) is 12.0. The Morgan fingerprint density at radius 2 is 1.25 bits per heavy atom. The van der Waals surface area contributed by atoms with Gasteiger partial charge in [0.25, 0.3) is 0 Å². The Bertz CT molecular complexity index is 86.7. The van der Waals surface area contributed by atoms with Crippen LogP contribution in [0.5, 0.6) is 0 Å². The molecule has 0 aromatic carbocycles. The quantitative estimate of drug-likeness (QED) is 0.503. The van der Waals surface area contributed by atoms with E-state index < -0.39 is 0 Å². The van der Waals surface area contributed by atoms with E-state index in [-0.39, 0.29) is 0 Å². The summed E-state index contributed by atoms with van der Waals surface area (Å²) in [6.07, 6.45) is 9.93. The van der Waals surface area contributed by atoms with Gasteiger partial charge in [0.15, 0.2) is 0 Å². The fourth-order valence-corrected chi connectivity index (χ4v) is 1.44. The van der Waals surface area contributed by atoms with Crippen LogP contribution < -0.4 is 0 Å². The molecule has 0 aromatic heterocycles. The Hall–Kier alpha value is 0. The van der Waals surface area contributed by atoms with Gasteiger partial charge in [-0.3, -0.25) is 0 Å². The lowest BCUT2D eigenvalue weighted by atomic mass is 9.89. The maximum atomic E-state index is 2.33. The van der Waals surface area contributed by atoms with Crippen LogP contribution in [0.2, 0.25) is 0 Å². The van der Waals surface area contributed by atoms with Gasteiger partial charge in [0.2, 0.25) is 0 Å². The highest BCUT2D eigenvalue weighted by molar-refractivity contribution is 4.60. The molecule has 0 fully saturated rings. The van der Waals surface area contributed by atoms with Gasteiger partial charge in [-0.05, 0) is 11.8 Å². The third-order valence-electron chi connectivity index (χ3n) is 2.28. The van der Waals surface area contributed by atoms with Crippen molar-refractivity contribution < 1.29 is 0 Å². The van der Waals surface area contributed by atoms with E-state index in [0.29, 0.717) is 5.41 Å².